The van der Waals surface area contributed by atoms with Gasteiger partial charge in [0.2, 0.25) is 5.24 Å². The molecule has 1 rings (SSSR count). The van der Waals surface area contributed by atoms with Crippen molar-refractivity contribution in [2.45, 2.75) is 19.1 Å². The second-order valence-electron chi connectivity index (χ2n) is 2.75. The molecule has 0 fully saturated rings. The maximum Gasteiger partial charge on any atom is 0.221 e. The van der Waals surface area contributed by atoms with E-state index in [0.29, 0.717) is 9.95 Å². The number of carbonyl (C=O) groups is 1. The summed E-state index contributed by atoms with van der Waals surface area (Å²) in [7, 11) is 0. The van der Waals surface area contributed by atoms with Gasteiger partial charge in [-0.1, -0.05) is 49.5 Å². The minimum atomic E-state index is -0.273. The van der Waals surface area contributed by atoms with E-state index in [1.54, 1.807) is 18.7 Å². The minimum absolute atomic E-state index is 0.273. The quantitative estimate of drug-likeness (QED) is 0.509. The number of benzene rings is 1. The van der Waals surface area contributed by atoms with Gasteiger partial charge in [-0.15, -0.1) is 24.4 Å². The largest absolute Gasteiger partial charge is 0.281 e. The second-order valence-corrected chi connectivity index (χ2v) is 5.88. The molecule has 0 heterocycles. The van der Waals surface area contributed by atoms with E-state index in [4.69, 9.17) is 23.8 Å². The molecule has 0 atom stereocenters. The number of hydrogen-bond acceptors (Lipinski definition) is 3. The molecule has 0 unspecified atom stereocenters. The van der Waals surface area contributed by atoms with E-state index in [9.17, 15) is 4.79 Å². The summed E-state index contributed by atoms with van der Waals surface area (Å²) in [5, 5.41) is -0.273. The molecule has 0 aliphatic rings. The average Bonchev–Trinajstić information content (AvgIpc) is 2.28. The Bertz CT molecular complexity index is 327. The van der Waals surface area contributed by atoms with Gasteiger partial charge < -0.3 is 0 Å². The average molecular weight is 293 g/mol. The standard InChI is InChI=1S/C8H8S3.C3H5ClO/c9-8(10)11-6-7-4-2-1-3-5-7;1-2-3(4)5/h1-5H,6H2,(H,9,10);2H2,1H3. The van der Waals surface area contributed by atoms with Crippen LogP contribution in [-0.2, 0) is 10.5 Å². The van der Waals surface area contributed by atoms with E-state index < -0.39 is 0 Å². The topological polar surface area (TPSA) is 17.1 Å². The molecule has 0 aliphatic carbocycles. The maximum absolute atomic E-state index is 9.58. The van der Waals surface area contributed by atoms with E-state index in [1.165, 1.54) is 5.56 Å². The van der Waals surface area contributed by atoms with Crippen molar-refractivity contribution in [2.75, 3.05) is 0 Å². The van der Waals surface area contributed by atoms with E-state index >= 15 is 0 Å². The van der Waals surface area contributed by atoms with Crippen LogP contribution in [0.4, 0.5) is 0 Å². The van der Waals surface area contributed by atoms with Crippen LogP contribution in [0.2, 0.25) is 0 Å². The monoisotopic (exact) mass is 292 g/mol. The number of carbonyl (C=O) groups excluding carboxylic acids is 1. The molecule has 5 heteroatoms. The van der Waals surface area contributed by atoms with Gasteiger partial charge >= 0.3 is 0 Å². The van der Waals surface area contributed by atoms with Gasteiger partial charge in [0.25, 0.3) is 0 Å². The highest BCUT2D eigenvalue weighted by atomic mass is 35.5. The van der Waals surface area contributed by atoms with E-state index in [0.717, 1.165) is 5.75 Å². The van der Waals surface area contributed by atoms with Crippen LogP contribution in [0.15, 0.2) is 30.3 Å². The molecule has 16 heavy (non-hydrogen) atoms. The smallest absolute Gasteiger partial charge is 0.221 e. The van der Waals surface area contributed by atoms with Crippen molar-refractivity contribution in [3.63, 3.8) is 0 Å². The molecule has 0 aliphatic heterocycles. The summed E-state index contributed by atoms with van der Waals surface area (Å²) in [6.07, 6.45) is 0.432. The van der Waals surface area contributed by atoms with Crippen LogP contribution < -0.4 is 0 Å². The molecule has 88 valence electrons. The van der Waals surface area contributed by atoms with Gasteiger partial charge in [0.15, 0.2) is 0 Å². The number of hydrogen-bond donors (Lipinski definition) is 1. The predicted molar refractivity (Wildman–Crippen MR) is 80.5 cm³/mol. The highest BCUT2D eigenvalue weighted by Gasteiger charge is 1.92. The maximum atomic E-state index is 9.58. The molecule has 1 aromatic carbocycles. The zero-order valence-electron chi connectivity index (χ0n) is 8.85. The molecule has 0 spiro atoms. The Morgan fingerprint density at radius 3 is 2.31 bits per heavy atom. The SMILES string of the molecule is CCC(=O)Cl.S=C(S)SCc1ccccc1. The lowest BCUT2D eigenvalue weighted by Crippen LogP contribution is -1.80. The van der Waals surface area contributed by atoms with Crippen molar-refractivity contribution in [3.05, 3.63) is 35.9 Å². The van der Waals surface area contributed by atoms with Crippen LogP contribution in [0.1, 0.15) is 18.9 Å². The Morgan fingerprint density at radius 1 is 1.44 bits per heavy atom. The first-order chi connectivity index (χ1) is 7.56. The Labute approximate surface area is 116 Å². The van der Waals surface area contributed by atoms with Gasteiger partial charge in [0.05, 0.1) is 0 Å². The van der Waals surface area contributed by atoms with E-state index in [2.05, 4.69) is 24.8 Å². The second kappa shape index (κ2) is 10.1. The highest BCUT2D eigenvalue weighted by Crippen LogP contribution is 2.14. The predicted octanol–water partition coefficient (Wildman–Crippen LogP) is 4.30. The molecule has 0 N–H and O–H groups in total. The number of halogens is 1. The van der Waals surface area contributed by atoms with Crippen LogP contribution in [0.3, 0.4) is 0 Å². The van der Waals surface area contributed by atoms with Crippen molar-refractivity contribution < 1.29 is 4.79 Å². The Balaban J connectivity index is 0.000000385. The van der Waals surface area contributed by atoms with Crippen molar-refractivity contribution in [2.24, 2.45) is 0 Å². The summed E-state index contributed by atoms with van der Waals surface area (Å²) in [5.74, 6) is 0.920. The molecule has 0 amide bonds. The van der Waals surface area contributed by atoms with Gasteiger partial charge in [-0.25, -0.2) is 0 Å². The lowest BCUT2D eigenvalue weighted by atomic mass is 10.2. The fourth-order valence-electron chi connectivity index (χ4n) is 0.719. The molecular formula is C11H13ClOS3. The summed E-state index contributed by atoms with van der Waals surface area (Å²) < 4.78 is 0.703. The molecule has 0 radical (unpaired) electrons. The van der Waals surface area contributed by atoms with Crippen LogP contribution >= 0.6 is 48.2 Å². The third kappa shape index (κ3) is 10.5. The molecule has 0 bridgehead atoms. The van der Waals surface area contributed by atoms with Crippen LogP contribution in [0, 0.1) is 0 Å². The number of thiol groups is 1. The summed E-state index contributed by atoms with van der Waals surface area (Å²) in [5.41, 5.74) is 1.29. The first-order valence-corrected chi connectivity index (χ1v) is 6.86. The van der Waals surface area contributed by atoms with Crippen LogP contribution in [0.25, 0.3) is 0 Å². The number of thiocarbonyl (C=S) groups is 1. The van der Waals surface area contributed by atoms with Crippen LogP contribution in [0.5, 0.6) is 0 Å². The van der Waals surface area contributed by atoms with Gasteiger partial charge in [0.1, 0.15) is 3.53 Å². The van der Waals surface area contributed by atoms with Crippen molar-refractivity contribution in [1.82, 2.24) is 0 Å². The van der Waals surface area contributed by atoms with Crippen molar-refractivity contribution in [1.29, 1.82) is 0 Å². The van der Waals surface area contributed by atoms with Gasteiger partial charge in [0, 0.05) is 12.2 Å². The lowest BCUT2D eigenvalue weighted by molar-refractivity contribution is -0.111. The van der Waals surface area contributed by atoms with Crippen molar-refractivity contribution in [3.8, 4) is 0 Å². The molecular weight excluding hydrogens is 280 g/mol. The Morgan fingerprint density at radius 2 is 1.94 bits per heavy atom. The fourth-order valence-corrected chi connectivity index (χ4v) is 1.57. The first kappa shape index (κ1) is 16.0. The Hall–Kier alpha value is -0.0300. The zero-order chi connectivity index (χ0) is 12.4. The van der Waals surface area contributed by atoms with Gasteiger partial charge in [-0.2, -0.15) is 0 Å². The molecule has 1 nitrogen and oxygen atoms in total. The lowest BCUT2D eigenvalue weighted by Gasteiger charge is -1.97. The summed E-state index contributed by atoms with van der Waals surface area (Å²) in [4.78, 5) is 9.58. The highest BCUT2D eigenvalue weighted by molar-refractivity contribution is 8.41. The summed E-state index contributed by atoms with van der Waals surface area (Å²) in [6, 6.07) is 10.2. The fraction of sp³-hybridized carbons (Fsp3) is 0.273. The number of thioether (sulfide) groups is 1. The summed E-state index contributed by atoms with van der Waals surface area (Å²) in [6.45, 7) is 1.72. The number of rotatable bonds is 3. The first-order valence-electron chi connectivity index (χ1n) is 4.64. The Kier molecular flexibility index (Phi) is 10.1. The van der Waals surface area contributed by atoms with Crippen molar-refractivity contribution >= 4 is 57.0 Å². The molecule has 0 aromatic heterocycles. The summed E-state index contributed by atoms with van der Waals surface area (Å²) >= 11 is 15.2. The van der Waals surface area contributed by atoms with Gasteiger partial charge in [-0.05, 0) is 17.2 Å². The molecule has 0 saturated carbocycles. The third-order valence-electron chi connectivity index (χ3n) is 1.48. The van der Waals surface area contributed by atoms with Crippen LogP contribution in [-0.4, -0.2) is 8.77 Å². The molecule has 0 saturated heterocycles. The van der Waals surface area contributed by atoms with E-state index in [-0.39, 0.29) is 5.24 Å². The minimum Gasteiger partial charge on any atom is -0.281 e. The van der Waals surface area contributed by atoms with Gasteiger partial charge in [-0.3, -0.25) is 4.79 Å². The molecule has 1 aromatic rings. The third-order valence-corrected chi connectivity index (χ3v) is 3.22. The van der Waals surface area contributed by atoms with E-state index in [1.807, 2.05) is 18.2 Å². The normalized spacial score (nSPS) is 8.94. The zero-order valence-corrected chi connectivity index (χ0v) is 12.1.